The average molecular weight is 496 g/mol. The third-order valence-corrected chi connectivity index (χ3v) is 6.91. The molecular formula is C27H33N3O4S. The first-order valence-corrected chi connectivity index (χ1v) is 12.6. The number of ether oxygens (including phenoxy) is 1. The van der Waals surface area contributed by atoms with Crippen LogP contribution in [0.4, 0.5) is 5.69 Å². The molecule has 1 heterocycles. The van der Waals surface area contributed by atoms with Gasteiger partial charge in [0.1, 0.15) is 16.3 Å². The van der Waals surface area contributed by atoms with Crippen LogP contribution in [0.15, 0.2) is 53.4 Å². The summed E-state index contributed by atoms with van der Waals surface area (Å²) in [5.41, 5.74) is 3.89. The predicted octanol–water partition coefficient (Wildman–Crippen LogP) is 5.67. The quantitative estimate of drug-likeness (QED) is 0.263. The number of hydrogen-bond donors (Lipinski definition) is 2. The van der Waals surface area contributed by atoms with Crippen LogP contribution in [0.1, 0.15) is 49.4 Å². The Bertz CT molecular complexity index is 1170. The van der Waals surface area contributed by atoms with Crippen LogP contribution in [-0.2, 0) is 22.5 Å². The van der Waals surface area contributed by atoms with Crippen molar-refractivity contribution >= 4 is 29.3 Å². The van der Waals surface area contributed by atoms with Gasteiger partial charge in [0, 0.05) is 35.0 Å². The molecule has 1 aromatic heterocycles. The van der Waals surface area contributed by atoms with Crippen LogP contribution < -0.4 is 5.32 Å². The standard InChI is InChI=1S/C27H33N3O4S/c1-6-19-8-12-21(13-9-19)28-25(31)23-18(3)30(16-17-34-7-2)24(29-23)20-10-14-22(15-11-20)35-27(4,5)26(32)33/h8-15H,6-7,16-17H2,1-5H3,(H,28,31)(H,32,33). The van der Waals surface area contributed by atoms with Crippen molar-refractivity contribution in [3.05, 3.63) is 65.5 Å². The molecule has 8 heteroatoms. The van der Waals surface area contributed by atoms with Crippen LogP contribution in [0, 0.1) is 6.92 Å². The maximum absolute atomic E-state index is 13.1. The molecule has 0 spiro atoms. The molecule has 0 bridgehead atoms. The van der Waals surface area contributed by atoms with E-state index in [0.717, 1.165) is 28.3 Å². The van der Waals surface area contributed by atoms with Crippen molar-refractivity contribution in [1.29, 1.82) is 0 Å². The highest BCUT2D eigenvalue weighted by Gasteiger charge is 2.28. The number of carbonyl (C=O) groups is 2. The number of nitrogens with one attached hydrogen (secondary N) is 1. The summed E-state index contributed by atoms with van der Waals surface area (Å²) in [6.45, 7) is 10.9. The zero-order valence-electron chi connectivity index (χ0n) is 20.9. The summed E-state index contributed by atoms with van der Waals surface area (Å²) in [5.74, 6) is -0.463. The second-order valence-electron chi connectivity index (χ2n) is 8.66. The van der Waals surface area contributed by atoms with Gasteiger partial charge in [-0.25, -0.2) is 4.98 Å². The van der Waals surface area contributed by atoms with Gasteiger partial charge in [-0.15, -0.1) is 11.8 Å². The van der Waals surface area contributed by atoms with Crippen LogP contribution >= 0.6 is 11.8 Å². The summed E-state index contributed by atoms with van der Waals surface area (Å²) in [6, 6.07) is 15.4. The van der Waals surface area contributed by atoms with Gasteiger partial charge in [-0.3, -0.25) is 9.59 Å². The maximum Gasteiger partial charge on any atom is 0.319 e. The van der Waals surface area contributed by atoms with Gasteiger partial charge in [-0.2, -0.15) is 0 Å². The van der Waals surface area contributed by atoms with E-state index in [9.17, 15) is 14.7 Å². The maximum atomic E-state index is 13.1. The highest BCUT2D eigenvalue weighted by Crippen LogP contribution is 2.34. The Morgan fingerprint density at radius 2 is 1.74 bits per heavy atom. The van der Waals surface area contributed by atoms with E-state index in [4.69, 9.17) is 9.72 Å². The Labute approximate surface area is 210 Å². The largest absolute Gasteiger partial charge is 0.480 e. The number of amides is 1. The summed E-state index contributed by atoms with van der Waals surface area (Å²) in [6.07, 6.45) is 0.937. The fourth-order valence-electron chi connectivity index (χ4n) is 3.57. The molecule has 186 valence electrons. The predicted molar refractivity (Wildman–Crippen MR) is 140 cm³/mol. The molecule has 0 saturated carbocycles. The van der Waals surface area contributed by atoms with Crippen LogP contribution in [0.5, 0.6) is 0 Å². The first-order valence-electron chi connectivity index (χ1n) is 11.7. The second-order valence-corrected chi connectivity index (χ2v) is 10.4. The van der Waals surface area contributed by atoms with Gasteiger partial charge in [-0.05, 0) is 63.9 Å². The molecule has 2 N–H and O–H groups in total. The molecule has 1 amide bonds. The van der Waals surface area contributed by atoms with Gasteiger partial charge < -0.3 is 19.7 Å². The van der Waals surface area contributed by atoms with Crippen molar-refractivity contribution in [3.63, 3.8) is 0 Å². The molecule has 0 aliphatic rings. The van der Waals surface area contributed by atoms with E-state index in [0.29, 0.717) is 31.3 Å². The van der Waals surface area contributed by atoms with Gasteiger partial charge in [0.2, 0.25) is 0 Å². The van der Waals surface area contributed by atoms with E-state index in [1.807, 2.05) is 66.9 Å². The number of benzene rings is 2. The molecule has 3 aromatic rings. The van der Waals surface area contributed by atoms with Crippen LogP contribution in [0.2, 0.25) is 0 Å². The molecule has 0 saturated heterocycles. The zero-order valence-corrected chi connectivity index (χ0v) is 21.7. The second kappa shape index (κ2) is 11.6. The number of rotatable bonds is 11. The SMILES string of the molecule is CCOCCn1c(-c2ccc(SC(C)(C)C(=O)O)cc2)nc(C(=O)Nc2ccc(CC)cc2)c1C. The molecule has 0 radical (unpaired) electrons. The van der Waals surface area contributed by atoms with E-state index in [-0.39, 0.29) is 5.91 Å². The number of aryl methyl sites for hydroxylation is 1. The fraction of sp³-hybridized carbons (Fsp3) is 0.370. The van der Waals surface area contributed by atoms with Crippen molar-refractivity contribution in [3.8, 4) is 11.4 Å². The first-order chi connectivity index (χ1) is 16.7. The number of carbonyl (C=O) groups excluding carboxylic acids is 1. The number of anilines is 1. The van der Waals surface area contributed by atoms with E-state index < -0.39 is 10.7 Å². The normalized spacial score (nSPS) is 11.5. The van der Waals surface area contributed by atoms with E-state index in [2.05, 4.69) is 12.2 Å². The van der Waals surface area contributed by atoms with Crippen LogP contribution in [0.25, 0.3) is 11.4 Å². The molecule has 3 rings (SSSR count). The summed E-state index contributed by atoms with van der Waals surface area (Å²) in [7, 11) is 0. The van der Waals surface area contributed by atoms with Gasteiger partial charge in [0.05, 0.1) is 6.61 Å². The van der Waals surface area contributed by atoms with Crippen molar-refractivity contribution < 1.29 is 19.4 Å². The Morgan fingerprint density at radius 3 is 2.31 bits per heavy atom. The Kier molecular flexibility index (Phi) is 8.75. The van der Waals surface area contributed by atoms with Crippen molar-refractivity contribution in [2.45, 2.75) is 57.2 Å². The number of aliphatic carboxylic acids is 1. The van der Waals surface area contributed by atoms with Gasteiger partial charge >= 0.3 is 5.97 Å². The molecule has 0 aliphatic carbocycles. The minimum atomic E-state index is -0.936. The molecule has 7 nitrogen and oxygen atoms in total. The average Bonchev–Trinajstić information content (AvgIpc) is 3.16. The van der Waals surface area contributed by atoms with Crippen molar-refractivity contribution in [1.82, 2.24) is 9.55 Å². The number of thioether (sulfide) groups is 1. The Hall–Kier alpha value is -3.10. The smallest absolute Gasteiger partial charge is 0.319 e. The number of carboxylic acid groups (broad SMARTS) is 1. The molecule has 0 fully saturated rings. The highest BCUT2D eigenvalue weighted by atomic mass is 32.2. The molecule has 35 heavy (non-hydrogen) atoms. The van der Waals surface area contributed by atoms with Crippen molar-refractivity contribution in [2.75, 3.05) is 18.5 Å². The van der Waals surface area contributed by atoms with Gasteiger partial charge in [0.15, 0.2) is 0 Å². The summed E-state index contributed by atoms with van der Waals surface area (Å²) in [5, 5.41) is 12.4. The lowest BCUT2D eigenvalue weighted by atomic mass is 10.1. The monoisotopic (exact) mass is 495 g/mol. The summed E-state index contributed by atoms with van der Waals surface area (Å²) < 4.78 is 6.62. The van der Waals surface area contributed by atoms with Gasteiger partial charge in [-0.1, -0.05) is 31.2 Å². The minimum absolute atomic E-state index is 0.265. The number of nitrogens with zero attached hydrogens (tertiary/aromatic N) is 2. The number of hydrogen-bond acceptors (Lipinski definition) is 5. The number of aromatic nitrogens is 2. The topological polar surface area (TPSA) is 93.4 Å². The molecule has 2 aromatic carbocycles. The molecule has 0 aliphatic heterocycles. The van der Waals surface area contributed by atoms with E-state index >= 15 is 0 Å². The molecule has 0 atom stereocenters. The third kappa shape index (κ3) is 6.52. The Morgan fingerprint density at radius 1 is 1.09 bits per heavy atom. The lowest BCUT2D eigenvalue weighted by Crippen LogP contribution is -2.26. The summed E-state index contributed by atoms with van der Waals surface area (Å²) in [4.78, 5) is 30.1. The Balaban J connectivity index is 1.90. The van der Waals surface area contributed by atoms with Crippen LogP contribution in [-0.4, -0.2) is 44.5 Å². The van der Waals surface area contributed by atoms with E-state index in [1.54, 1.807) is 13.8 Å². The number of imidazole rings is 1. The molecular weight excluding hydrogens is 462 g/mol. The number of carboxylic acids is 1. The highest BCUT2D eigenvalue weighted by molar-refractivity contribution is 8.01. The lowest BCUT2D eigenvalue weighted by molar-refractivity contribution is -0.138. The first kappa shape index (κ1) is 26.5. The lowest BCUT2D eigenvalue weighted by Gasteiger charge is -2.18. The summed E-state index contributed by atoms with van der Waals surface area (Å²) >= 11 is 1.29. The van der Waals surface area contributed by atoms with E-state index in [1.165, 1.54) is 17.3 Å². The van der Waals surface area contributed by atoms with Gasteiger partial charge in [0.25, 0.3) is 5.91 Å². The molecule has 0 unspecified atom stereocenters. The van der Waals surface area contributed by atoms with Crippen molar-refractivity contribution in [2.24, 2.45) is 0 Å². The minimum Gasteiger partial charge on any atom is -0.480 e. The fourth-order valence-corrected chi connectivity index (χ4v) is 4.52. The van der Waals surface area contributed by atoms with Crippen LogP contribution in [0.3, 0.4) is 0 Å². The third-order valence-electron chi connectivity index (χ3n) is 5.72. The zero-order chi connectivity index (χ0) is 25.6.